The first-order valence-electron chi connectivity index (χ1n) is 11.8. The van der Waals surface area contributed by atoms with Crippen LogP contribution in [-0.4, -0.2) is 19.9 Å². The van der Waals surface area contributed by atoms with Gasteiger partial charge in [-0.05, 0) is 0 Å². The van der Waals surface area contributed by atoms with Gasteiger partial charge in [0.2, 0.25) is 0 Å². The summed E-state index contributed by atoms with van der Waals surface area (Å²) in [6, 6.07) is 40.9. The van der Waals surface area contributed by atoms with Crippen LogP contribution in [0.1, 0.15) is 0 Å². The van der Waals surface area contributed by atoms with Crippen molar-refractivity contribution in [2.24, 2.45) is 0 Å². The highest BCUT2D eigenvalue weighted by atomic mass is 14.9. The van der Waals surface area contributed by atoms with E-state index in [1.807, 2.05) is 72.8 Å². The van der Waals surface area contributed by atoms with E-state index < -0.39 is 0 Å². The molecule has 170 valence electrons. The van der Waals surface area contributed by atoms with Gasteiger partial charge in [-0.25, -0.2) is 19.9 Å². The SMILES string of the molecule is c1ccc(-c2ncnc(-c3ccccc3)c2-c2c(-c3ccccc3)ncnc2-c2ccccc2)cc1. The van der Waals surface area contributed by atoms with E-state index in [1.54, 1.807) is 12.7 Å². The second-order valence-corrected chi connectivity index (χ2v) is 8.36. The summed E-state index contributed by atoms with van der Waals surface area (Å²) in [5, 5.41) is 0. The van der Waals surface area contributed by atoms with Gasteiger partial charge >= 0.3 is 0 Å². The van der Waals surface area contributed by atoms with Gasteiger partial charge in [0.1, 0.15) is 12.7 Å². The number of aromatic nitrogens is 4. The molecule has 6 rings (SSSR count). The molecule has 0 N–H and O–H groups in total. The minimum atomic E-state index is 0.841. The summed E-state index contributed by atoms with van der Waals surface area (Å²) in [7, 11) is 0. The third-order valence-electron chi connectivity index (χ3n) is 6.13. The number of nitrogens with zero attached hydrogens (tertiary/aromatic N) is 4. The van der Waals surface area contributed by atoms with Gasteiger partial charge in [0.15, 0.2) is 0 Å². The summed E-state index contributed by atoms with van der Waals surface area (Å²) < 4.78 is 0. The Bertz CT molecular complexity index is 1360. The van der Waals surface area contributed by atoms with Crippen LogP contribution in [0.2, 0.25) is 0 Å². The molecule has 4 nitrogen and oxygen atoms in total. The zero-order chi connectivity index (χ0) is 24.2. The number of hydrogen-bond acceptors (Lipinski definition) is 4. The molecule has 2 heterocycles. The van der Waals surface area contributed by atoms with Crippen LogP contribution in [0.25, 0.3) is 56.2 Å². The zero-order valence-corrected chi connectivity index (χ0v) is 19.5. The summed E-state index contributed by atoms with van der Waals surface area (Å²) in [6.07, 6.45) is 3.28. The van der Waals surface area contributed by atoms with Crippen LogP contribution in [0.3, 0.4) is 0 Å². The smallest absolute Gasteiger partial charge is 0.116 e. The molecule has 0 saturated heterocycles. The molecule has 0 aliphatic carbocycles. The standard InChI is InChI=1S/C32H22N4/c1-5-13-23(14-6-1)29-27(30(34-21-33-29)24-15-7-2-8-16-24)28-31(25-17-9-3-10-18-25)35-22-36-32(28)26-19-11-4-12-20-26/h1-22H. The van der Waals surface area contributed by atoms with Crippen molar-refractivity contribution in [1.82, 2.24) is 19.9 Å². The molecule has 2 aromatic heterocycles. The van der Waals surface area contributed by atoms with E-state index in [0.717, 1.165) is 56.2 Å². The van der Waals surface area contributed by atoms with Gasteiger partial charge in [0.25, 0.3) is 0 Å². The summed E-state index contributed by atoms with van der Waals surface area (Å²) in [5.41, 5.74) is 9.22. The maximum atomic E-state index is 4.81. The Hall–Kier alpha value is -4.96. The summed E-state index contributed by atoms with van der Waals surface area (Å²) >= 11 is 0. The van der Waals surface area contributed by atoms with E-state index >= 15 is 0 Å². The van der Waals surface area contributed by atoms with E-state index in [4.69, 9.17) is 19.9 Å². The Morgan fingerprint density at radius 2 is 0.500 bits per heavy atom. The Labute approximate surface area is 210 Å². The van der Waals surface area contributed by atoms with Crippen molar-refractivity contribution >= 4 is 0 Å². The lowest BCUT2D eigenvalue weighted by Gasteiger charge is -2.19. The van der Waals surface area contributed by atoms with Crippen LogP contribution in [0.5, 0.6) is 0 Å². The highest BCUT2D eigenvalue weighted by Crippen LogP contribution is 2.44. The third-order valence-corrected chi connectivity index (χ3v) is 6.13. The second kappa shape index (κ2) is 9.72. The molecule has 0 atom stereocenters. The molecule has 0 fully saturated rings. The van der Waals surface area contributed by atoms with Crippen molar-refractivity contribution in [3.8, 4) is 56.2 Å². The average molecular weight is 463 g/mol. The van der Waals surface area contributed by atoms with Crippen molar-refractivity contribution < 1.29 is 0 Å². The molecule has 6 aromatic rings. The molecule has 0 saturated carbocycles. The van der Waals surface area contributed by atoms with Crippen LogP contribution >= 0.6 is 0 Å². The predicted molar refractivity (Wildman–Crippen MR) is 145 cm³/mol. The van der Waals surface area contributed by atoms with E-state index in [2.05, 4.69) is 48.5 Å². The lowest BCUT2D eigenvalue weighted by atomic mass is 9.89. The molecule has 4 aromatic carbocycles. The molecule has 0 spiro atoms. The lowest BCUT2D eigenvalue weighted by molar-refractivity contribution is 1.15. The molecular formula is C32H22N4. The Balaban J connectivity index is 1.77. The van der Waals surface area contributed by atoms with Crippen molar-refractivity contribution in [2.45, 2.75) is 0 Å². The first-order valence-corrected chi connectivity index (χ1v) is 11.8. The number of hydrogen-bond donors (Lipinski definition) is 0. The molecule has 36 heavy (non-hydrogen) atoms. The minimum absolute atomic E-state index is 0.841. The maximum absolute atomic E-state index is 4.81. The summed E-state index contributed by atoms with van der Waals surface area (Å²) in [6.45, 7) is 0. The van der Waals surface area contributed by atoms with E-state index in [9.17, 15) is 0 Å². The highest BCUT2D eigenvalue weighted by molar-refractivity contribution is 6.01. The molecule has 0 bridgehead atoms. The molecular weight excluding hydrogens is 440 g/mol. The van der Waals surface area contributed by atoms with Crippen molar-refractivity contribution in [3.63, 3.8) is 0 Å². The molecule has 0 aliphatic heterocycles. The fourth-order valence-electron chi connectivity index (χ4n) is 4.50. The number of benzene rings is 4. The second-order valence-electron chi connectivity index (χ2n) is 8.36. The van der Waals surface area contributed by atoms with E-state index in [0.29, 0.717) is 0 Å². The zero-order valence-electron chi connectivity index (χ0n) is 19.5. The fourth-order valence-corrected chi connectivity index (χ4v) is 4.50. The van der Waals surface area contributed by atoms with Gasteiger partial charge in [0, 0.05) is 33.4 Å². The van der Waals surface area contributed by atoms with Gasteiger partial charge < -0.3 is 0 Å². The predicted octanol–water partition coefficient (Wildman–Crippen LogP) is 7.60. The number of rotatable bonds is 5. The third kappa shape index (κ3) is 4.05. The highest BCUT2D eigenvalue weighted by Gasteiger charge is 2.25. The monoisotopic (exact) mass is 462 g/mol. The average Bonchev–Trinajstić information content (AvgIpc) is 2.98. The lowest BCUT2D eigenvalue weighted by Crippen LogP contribution is -2.02. The van der Waals surface area contributed by atoms with Gasteiger partial charge in [-0.15, -0.1) is 0 Å². The fraction of sp³-hybridized carbons (Fsp3) is 0. The topological polar surface area (TPSA) is 51.6 Å². The van der Waals surface area contributed by atoms with Crippen LogP contribution in [0.4, 0.5) is 0 Å². The molecule has 0 unspecified atom stereocenters. The molecule has 0 radical (unpaired) electrons. The van der Waals surface area contributed by atoms with Crippen molar-refractivity contribution in [1.29, 1.82) is 0 Å². The molecule has 0 amide bonds. The molecule has 4 heteroatoms. The van der Waals surface area contributed by atoms with Gasteiger partial charge in [-0.1, -0.05) is 121 Å². The molecule has 0 aliphatic rings. The van der Waals surface area contributed by atoms with Gasteiger partial charge in [-0.2, -0.15) is 0 Å². The van der Waals surface area contributed by atoms with Crippen LogP contribution in [-0.2, 0) is 0 Å². The van der Waals surface area contributed by atoms with Crippen LogP contribution in [0.15, 0.2) is 134 Å². The summed E-state index contributed by atoms with van der Waals surface area (Å²) in [4.78, 5) is 19.3. The normalized spacial score (nSPS) is 10.8. The minimum Gasteiger partial charge on any atom is -0.236 e. The van der Waals surface area contributed by atoms with Crippen LogP contribution < -0.4 is 0 Å². The van der Waals surface area contributed by atoms with Gasteiger partial charge in [0.05, 0.1) is 22.8 Å². The van der Waals surface area contributed by atoms with E-state index in [-0.39, 0.29) is 0 Å². The first-order chi connectivity index (χ1) is 17.9. The van der Waals surface area contributed by atoms with Gasteiger partial charge in [-0.3, -0.25) is 0 Å². The summed E-state index contributed by atoms with van der Waals surface area (Å²) in [5.74, 6) is 0. The Morgan fingerprint density at radius 3 is 0.722 bits per heavy atom. The quantitative estimate of drug-likeness (QED) is 0.265. The largest absolute Gasteiger partial charge is 0.236 e. The first kappa shape index (κ1) is 21.6. The maximum Gasteiger partial charge on any atom is 0.116 e. The van der Waals surface area contributed by atoms with Crippen LogP contribution in [0, 0.1) is 0 Å². The van der Waals surface area contributed by atoms with Crippen molar-refractivity contribution in [2.75, 3.05) is 0 Å². The van der Waals surface area contributed by atoms with Crippen molar-refractivity contribution in [3.05, 3.63) is 134 Å². The Kier molecular flexibility index (Phi) is 5.83. The Morgan fingerprint density at radius 1 is 0.278 bits per heavy atom. The van der Waals surface area contributed by atoms with E-state index in [1.165, 1.54) is 0 Å².